The Labute approximate surface area is 172 Å². The van der Waals surface area contributed by atoms with E-state index in [1.807, 2.05) is 24.3 Å². The van der Waals surface area contributed by atoms with Crippen LogP contribution in [0.3, 0.4) is 0 Å². The first-order valence-corrected chi connectivity index (χ1v) is 10.4. The number of piperazine rings is 1. The number of ether oxygens (including phenoxy) is 1. The standard InChI is InChI=1S/C20H23N5O3S/c1-3-28-20(27)16-12-15-17(22-23-19(15)29-16)21-18(26)13-4-6-14(7-5-13)25-10-8-24(2)9-11-25/h4-7,12H,3,8-11H2,1-2H3,(H2,21,22,23,26). The van der Waals surface area contributed by atoms with Crippen LogP contribution in [0, 0.1) is 0 Å². The normalized spacial score (nSPS) is 14.9. The summed E-state index contributed by atoms with van der Waals surface area (Å²) in [4.78, 5) is 30.4. The second-order valence-corrected chi connectivity index (χ2v) is 7.99. The molecule has 1 aliphatic heterocycles. The highest BCUT2D eigenvalue weighted by atomic mass is 32.1. The van der Waals surface area contributed by atoms with E-state index in [9.17, 15) is 9.59 Å². The zero-order valence-corrected chi connectivity index (χ0v) is 17.2. The van der Waals surface area contributed by atoms with Gasteiger partial charge in [-0.1, -0.05) is 0 Å². The van der Waals surface area contributed by atoms with Gasteiger partial charge < -0.3 is 19.9 Å². The van der Waals surface area contributed by atoms with Crippen molar-refractivity contribution in [3.63, 3.8) is 0 Å². The molecule has 9 heteroatoms. The predicted molar refractivity (Wildman–Crippen MR) is 114 cm³/mol. The molecule has 8 nitrogen and oxygen atoms in total. The minimum Gasteiger partial charge on any atom is -0.462 e. The van der Waals surface area contributed by atoms with E-state index in [0.29, 0.717) is 33.1 Å². The molecule has 1 amide bonds. The van der Waals surface area contributed by atoms with Crippen LogP contribution < -0.4 is 10.2 Å². The van der Waals surface area contributed by atoms with E-state index in [1.165, 1.54) is 11.3 Å². The van der Waals surface area contributed by atoms with Crippen LogP contribution >= 0.6 is 11.3 Å². The summed E-state index contributed by atoms with van der Waals surface area (Å²) in [5.74, 6) is -0.217. The molecule has 0 atom stereocenters. The average molecular weight is 414 g/mol. The highest BCUT2D eigenvalue weighted by molar-refractivity contribution is 7.20. The fourth-order valence-corrected chi connectivity index (χ4v) is 4.18. The zero-order chi connectivity index (χ0) is 20.4. The Balaban J connectivity index is 1.46. The Morgan fingerprint density at radius 1 is 1.21 bits per heavy atom. The van der Waals surface area contributed by atoms with E-state index in [-0.39, 0.29) is 11.9 Å². The maximum atomic E-state index is 12.7. The summed E-state index contributed by atoms with van der Waals surface area (Å²) in [5, 5.41) is 10.5. The molecule has 4 rings (SSSR count). The SMILES string of the molecule is CCOC(=O)c1cc2c(NC(=O)c3ccc(N4CCN(C)CC4)cc3)n[nH]c2s1. The van der Waals surface area contributed by atoms with Crippen LogP contribution in [0.2, 0.25) is 0 Å². The lowest BCUT2D eigenvalue weighted by molar-refractivity contribution is 0.0532. The number of likely N-dealkylation sites (N-methyl/N-ethyl adjacent to an activating group) is 1. The molecule has 1 aliphatic rings. The van der Waals surface area contributed by atoms with E-state index >= 15 is 0 Å². The number of hydrogen-bond acceptors (Lipinski definition) is 7. The Bertz CT molecular complexity index is 1020. The zero-order valence-electron chi connectivity index (χ0n) is 16.4. The molecule has 0 saturated carbocycles. The van der Waals surface area contributed by atoms with Crippen molar-refractivity contribution in [2.24, 2.45) is 0 Å². The molecule has 2 N–H and O–H groups in total. The van der Waals surface area contributed by atoms with Gasteiger partial charge in [-0.25, -0.2) is 4.79 Å². The maximum absolute atomic E-state index is 12.7. The van der Waals surface area contributed by atoms with Crippen molar-refractivity contribution >= 4 is 44.9 Å². The van der Waals surface area contributed by atoms with Gasteiger partial charge in [-0.2, -0.15) is 5.10 Å². The van der Waals surface area contributed by atoms with Gasteiger partial charge in [-0.3, -0.25) is 9.89 Å². The molecule has 2 aromatic heterocycles. The number of rotatable bonds is 5. The minimum atomic E-state index is -0.376. The molecule has 152 valence electrons. The van der Waals surface area contributed by atoms with E-state index in [1.54, 1.807) is 13.0 Å². The van der Waals surface area contributed by atoms with Crippen LogP contribution in [0.25, 0.3) is 10.2 Å². The number of nitrogens with zero attached hydrogens (tertiary/aromatic N) is 3. The number of aromatic amines is 1. The third-order valence-corrected chi connectivity index (χ3v) is 5.98. The van der Waals surface area contributed by atoms with Crippen molar-refractivity contribution in [1.29, 1.82) is 0 Å². The summed E-state index contributed by atoms with van der Waals surface area (Å²) in [6.07, 6.45) is 0. The first kappa shape index (κ1) is 19.4. The van der Waals surface area contributed by atoms with Crippen LogP contribution in [0.1, 0.15) is 27.0 Å². The number of carbonyl (C=O) groups is 2. The van der Waals surface area contributed by atoms with Crippen molar-refractivity contribution in [2.45, 2.75) is 6.92 Å². The van der Waals surface area contributed by atoms with Gasteiger partial charge in [0.25, 0.3) is 5.91 Å². The Morgan fingerprint density at radius 3 is 2.62 bits per heavy atom. The van der Waals surface area contributed by atoms with Crippen molar-refractivity contribution in [1.82, 2.24) is 15.1 Å². The fraction of sp³-hybridized carbons (Fsp3) is 0.350. The second-order valence-electron chi connectivity index (χ2n) is 6.94. The number of esters is 1. The molecule has 1 aromatic carbocycles. The van der Waals surface area contributed by atoms with Crippen LogP contribution in [0.15, 0.2) is 30.3 Å². The molecule has 0 spiro atoms. The van der Waals surface area contributed by atoms with E-state index in [2.05, 4.69) is 32.4 Å². The van der Waals surface area contributed by atoms with Gasteiger partial charge in [0.05, 0.1) is 12.0 Å². The number of thiophene rings is 1. The van der Waals surface area contributed by atoms with Crippen molar-refractivity contribution in [3.05, 3.63) is 40.8 Å². The molecule has 0 radical (unpaired) electrons. The molecular weight excluding hydrogens is 390 g/mol. The Hall–Kier alpha value is -2.91. The van der Waals surface area contributed by atoms with Gasteiger partial charge in [0.1, 0.15) is 9.71 Å². The summed E-state index contributed by atoms with van der Waals surface area (Å²) in [6.45, 7) is 6.11. The number of aromatic nitrogens is 2. The summed E-state index contributed by atoms with van der Waals surface area (Å²) in [7, 11) is 2.12. The van der Waals surface area contributed by atoms with Gasteiger partial charge in [0, 0.05) is 37.4 Å². The first-order chi connectivity index (χ1) is 14.0. The number of hydrogen-bond donors (Lipinski definition) is 2. The molecule has 3 aromatic rings. The van der Waals surface area contributed by atoms with Gasteiger partial charge >= 0.3 is 5.97 Å². The average Bonchev–Trinajstić information content (AvgIpc) is 3.31. The molecule has 3 heterocycles. The third-order valence-electron chi connectivity index (χ3n) is 4.96. The fourth-order valence-electron chi connectivity index (χ4n) is 3.28. The van der Waals surface area contributed by atoms with E-state index in [0.717, 1.165) is 31.9 Å². The number of anilines is 2. The number of nitrogens with one attached hydrogen (secondary N) is 2. The monoisotopic (exact) mass is 413 g/mol. The van der Waals surface area contributed by atoms with E-state index < -0.39 is 0 Å². The second kappa shape index (κ2) is 8.22. The highest BCUT2D eigenvalue weighted by Gasteiger charge is 2.18. The summed E-state index contributed by atoms with van der Waals surface area (Å²) in [6, 6.07) is 9.29. The van der Waals surface area contributed by atoms with Crippen LogP contribution in [-0.4, -0.2) is 66.8 Å². The maximum Gasteiger partial charge on any atom is 0.348 e. The summed E-state index contributed by atoms with van der Waals surface area (Å²) in [5.41, 5.74) is 1.67. The summed E-state index contributed by atoms with van der Waals surface area (Å²) < 4.78 is 5.03. The van der Waals surface area contributed by atoms with Gasteiger partial charge in [0.15, 0.2) is 5.82 Å². The number of fused-ring (bicyclic) bond motifs is 1. The number of carbonyl (C=O) groups excluding carboxylic acids is 2. The number of H-pyrrole nitrogens is 1. The highest BCUT2D eigenvalue weighted by Crippen LogP contribution is 2.30. The Kier molecular flexibility index (Phi) is 5.50. The molecular formula is C20H23N5O3S. The topological polar surface area (TPSA) is 90.6 Å². The predicted octanol–water partition coefficient (Wildman–Crippen LogP) is 2.81. The lowest BCUT2D eigenvalue weighted by Crippen LogP contribution is -2.44. The molecule has 1 fully saturated rings. The van der Waals surface area contributed by atoms with E-state index in [4.69, 9.17) is 4.74 Å². The number of amides is 1. The van der Waals surface area contributed by atoms with Crippen LogP contribution in [0.4, 0.5) is 11.5 Å². The van der Waals surface area contributed by atoms with Gasteiger partial charge in [-0.05, 0) is 44.3 Å². The molecule has 0 unspecified atom stereocenters. The summed E-state index contributed by atoms with van der Waals surface area (Å²) >= 11 is 1.25. The molecule has 1 saturated heterocycles. The van der Waals surface area contributed by atoms with Crippen molar-refractivity contribution in [2.75, 3.05) is 50.1 Å². The first-order valence-electron chi connectivity index (χ1n) is 9.55. The minimum absolute atomic E-state index is 0.243. The van der Waals surface area contributed by atoms with Crippen molar-refractivity contribution in [3.8, 4) is 0 Å². The van der Waals surface area contributed by atoms with Crippen LogP contribution in [0.5, 0.6) is 0 Å². The number of benzene rings is 1. The third kappa shape index (κ3) is 4.10. The van der Waals surface area contributed by atoms with Gasteiger partial charge in [-0.15, -0.1) is 11.3 Å². The van der Waals surface area contributed by atoms with Gasteiger partial charge in [0.2, 0.25) is 0 Å². The quantitative estimate of drug-likeness (QED) is 0.625. The smallest absolute Gasteiger partial charge is 0.348 e. The lowest BCUT2D eigenvalue weighted by Gasteiger charge is -2.34. The Morgan fingerprint density at radius 2 is 1.93 bits per heavy atom. The van der Waals surface area contributed by atoms with Crippen molar-refractivity contribution < 1.29 is 14.3 Å². The molecule has 0 bridgehead atoms. The lowest BCUT2D eigenvalue weighted by atomic mass is 10.1. The van der Waals surface area contributed by atoms with Crippen LogP contribution in [-0.2, 0) is 4.74 Å². The largest absolute Gasteiger partial charge is 0.462 e. The molecule has 0 aliphatic carbocycles. The molecule has 29 heavy (non-hydrogen) atoms.